The lowest BCUT2D eigenvalue weighted by atomic mass is 9.86. The monoisotopic (exact) mass is 337 g/mol. The molecule has 6 heteroatoms. The normalized spacial score (nSPS) is 25.8. The van der Waals surface area contributed by atoms with Crippen molar-refractivity contribution in [2.75, 3.05) is 5.32 Å². The third-order valence-electron chi connectivity index (χ3n) is 4.75. The largest absolute Gasteiger partial charge is 0.331 e. The fraction of sp³-hybridized carbons (Fsp3) is 0.500. The Hall–Kier alpha value is -1.33. The summed E-state index contributed by atoms with van der Waals surface area (Å²) >= 11 is 11.0. The summed E-state index contributed by atoms with van der Waals surface area (Å²) in [6, 6.07) is 7.21. The number of hydrogen-bond donors (Lipinski definition) is 3. The summed E-state index contributed by atoms with van der Waals surface area (Å²) in [6.45, 7) is 0. The number of thiocarbonyl (C=S) groups is 1. The van der Waals surface area contributed by atoms with E-state index in [0.29, 0.717) is 22.5 Å². The molecular weight excluding hydrogens is 318 g/mol. The first kappa shape index (κ1) is 15.6. The number of carbonyl (C=O) groups excluding carboxylic acids is 1. The van der Waals surface area contributed by atoms with E-state index in [1.807, 2.05) is 12.1 Å². The Kier molecular flexibility index (Phi) is 4.84. The fourth-order valence-corrected chi connectivity index (χ4v) is 4.03. The van der Waals surface area contributed by atoms with Gasteiger partial charge in [0, 0.05) is 17.1 Å². The molecular formula is C16H20ClN3OS. The minimum absolute atomic E-state index is 0.0119. The van der Waals surface area contributed by atoms with Crippen LogP contribution in [0.2, 0.25) is 5.02 Å². The number of nitrogens with one attached hydrogen (secondary N) is 3. The molecule has 1 amide bonds. The van der Waals surface area contributed by atoms with Gasteiger partial charge in [-0.15, -0.1) is 0 Å². The van der Waals surface area contributed by atoms with Crippen molar-refractivity contribution in [1.82, 2.24) is 10.9 Å². The first-order valence-electron chi connectivity index (χ1n) is 7.71. The van der Waals surface area contributed by atoms with E-state index in [1.54, 1.807) is 12.1 Å². The van der Waals surface area contributed by atoms with Gasteiger partial charge in [-0.1, -0.05) is 18.0 Å². The third kappa shape index (κ3) is 3.90. The second kappa shape index (κ2) is 6.84. The van der Waals surface area contributed by atoms with Gasteiger partial charge in [0.05, 0.1) is 0 Å². The molecule has 2 saturated carbocycles. The van der Waals surface area contributed by atoms with E-state index in [9.17, 15) is 4.79 Å². The number of rotatable bonds is 3. The molecule has 2 aliphatic carbocycles. The van der Waals surface area contributed by atoms with Gasteiger partial charge in [0.1, 0.15) is 0 Å². The lowest BCUT2D eigenvalue weighted by Gasteiger charge is -2.21. The number of benzene rings is 1. The molecule has 0 saturated heterocycles. The zero-order valence-electron chi connectivity index (χ0n) is 12.3. The predicted octanol–water partition coefficient (Wildman–Crippen LogP) is 3.48. The number of halogens is 1. The standard InChI is InChI=1S/C16H20ClN3OS/c17-13-3-5-14(6-4-13)18-16(22)20-19-15(21)9-12-8-10-1-2-11(12)7-10/h3-6,10-12H,1-2,7-9H2,(H,19,21)(H2,18,20,22)/t10-,11-,12+/m1/s1. The lowest BCUT2D eigenvalue weighted by molar-refractivity contribution is -0.122. The van der Waals surface area contributed by atoms with Crippen LogP contribution in [0.1, 0.15) is 32.1 Å². The molecule has 3 rings (SSSR count). The third-order valence-corrected chi connectivity index (χ3v) is 5.21. The molecule has 2 aliphatic rings. The predicted molar refractivity (Wildman–Crippen MR) is 92.5 cm³/mol. The summed E-state index contributed by atoms with van der Waals surface area (Å²) < 4.78 is 0. The maximum atomic E-state index is 12.0. The summed E-state index contributed by atoms with van der Waals surface area (Å²) in [7, 11) is 0. The number of anilines is 1. The zero-order valence-corrected chi connectivity index (χ0v) is 13.8. The Morgan fingerprint density at radius 2 is 1.95 bits per heavy atom. The lowest BCUT2D eigenvalue weighted by Crippen LogP contribution is -2.44. The maximum absolute atomic E-state index is 12.0. The van der Waals surface area contributed by atoms with Gasteiger partial charge in [-0.3, -0.25) is 15.6 Å². The van der Waals surface area contributed by atoms with Gasteiger partial charge in [-0.05, 0) is 73.5 Å². The summed E-state index contributed by atoms with van der Waals surface area (Å²) in [5, 5.41) is 4.03. The van der Waals surface area contributed by atoms with Gasteiger partial charge < -0.3 is 5.32 Å². The molecule has 0 heterocycles. The summed E-state index contributed by atoms with van der Waals surface area (Å²) in [5.74, 6) is 2.19. The van der Waals surface area contributed by atoms with E-state index in [0.717, 1.165) is 17.5 Å². The Balaban J connectivity index is 1.39. The van der Waals surface area contributed by atoms with Crippen LogP contribution < -0.4 is 16.2 Å². The van der Waals surface area contributed by atoms with Crippen molar-refractivity contribution in [2.24, 2.45) is 17.8 Å². The molecule has 0 aromatic heterocycles. The highest BCUT2D eigenvalue weighted by Crippen LogP contribution is 2.49. The van der Waals surface area contributed by atoms with Crippen LogP contribution in [0.3, 0.4) is 0 Å². The summed E-state index contributed by atoms with van der Waals surface area (Å²) in [6.07, 6.45) is 5.79. The number of hydrazine groups is 1. The summed E-state index contributed by atoms with van der Waals surface area (Å²) in [5.41, 5.74) is 6.26. The van der Waals surface area contributed by atoms with Crippen molar-refractivity contribution >= 4 is 40.5 Å². The van der Waals surface area contributed by atoms with Crippen molar-refractivity contribution in [3.63, 3.8) is 0 Å². The molecule has 2 bridgehead atoms. The minimum Gasteiger partial charge on any atom is -0.331 e. The van der Waals surface area contributed by atoms with Crippen LogP contribution >= 0.6 is 23.8 Å². The van der Waals surface area contributed by atoms with Crippen LogP contribution in [-0.2, 0) is 4.79 Å². The molecule has 1 aromatic carbocycles. The molecule has 1 aromatic rings. The molecule has 3 atom stereocenters. The van der Waals surface area contributed by atoms with Gasteiger partial charge >= 0.3 is 0 Å². The number of fused-ring (bicyclic) bond motifs is 2. The molecule has 0 aliphatic heterocycles. The SMILES string of the molecule is O=C(C[C@@H]1C[C@@H]2CC[C@@H]1C2)NNC(=S)Nc1ccc(Cl)cc1. The topological polar surface area (TPSA) is 53.2 Å². The quantitative estimate of drug-likeness (QED) is 0.584. The van der Waals surface area contributed by atoms with Crippen LogP contribution in [0.15, 0.2) is 24.3 Å². The van der Waals surface area contributed by atoms with Crippen LogP contribution in [0.5, 0.6) is 0 Å². The van der Waals surface area contributed by atoms with Crippen molar-refractivity contribution in [1.29, 1.82) is 0 Å². The molecule has 0 spiro atoms. The van der Waals surface area contributed by atoms with E-state index in [-0.39, 0.29) is 5.91 Å². The van der Waals surface area contributed by atoms with Crippen LogP contribution in [-0.4, -0.2) is 11.0 Å². The second-order valence-electron chi connectivity index (χ2n) is 6.27. The second-order valence-corrected chi connectivity index (χ2v) is 7.12. The molecule has 3 N–H and O–H groups in total. The fourth-order valence-electron chi connectivity index (χ4n) is 3.74. The van der Waals surface area contributed by atoms with Gasteiger partial charge in [0.15, 0.2) is 5.11 Å². The van der Waals surface area contributed by atoms with Gasteiger partial charge in [0.2, 0.25) is 5.91 Å². The molecule has 118 valence electrons. The van der Waals surface area contributed by atoms with Crippen LogP contribution in [0.4, 0.5) is 5.69 Å². The van der Waals surface area contributed by atoms with Crippen LogP contribution in [0.25, 0.3) is 0 Å². The highest BCUT2D eigenvalue weighted by Gasteiger charge is 2.40. The molecule has 2 fully saturated rings. The Bertz CT molecular complexity index is 563. The van der Waals surface area contributed by atoms with E-state index < -0.39 is 0 Å². The molecule has 22 heavy (non-hydrogen) atoms. The van der Waals surface area contributed by atoms with Crippen molar-refractivity contribution in [3.05, 3.63) is 29.3 Å². The van der Waals surface area contributed by atoms with Crippen LogP contribution in [0, 0.1) is 17.8 Å². The smallest absolute Gasteiger partial charge is 0.238 e. The van der Waals surface area contributed by atoms with E-state index in [2.05, 4.69) is 16.2 Å². The highest BCUT2D eigenvalue weighted by atomic mass is 35.5. The Labute approximate surface area is 141 Å². The summed E-state index contributed by atoms with van der Waals surface area (Å²) in [4.78, 5) is 12.0. The van der Waals surface area contributed by atoms with Crippen molar-refractivity contribution in [2.45, 2.75) is 32.1 Å². The highest BCUT2D eigenvalue weighted by molar-refractivity contribution is 7.80. The molecule has 0 radical (unpaired) electrons. The molecule has 4 nitrogen and oxygen atoms in total. The maximum Gasteiger partial charge on any atom is 0.238 e. The number of carbonyl (C=O) groups is 1. The molecule has 0 unspecified atom stereocenters. The van der Waals surface area contributed by atoms with Gasteiger partial charge in [-0.25, -0.2) is 0 Å². The van der Waals surface area contributed by atoms with Gasteiger partial charge in [0.25, 0.3) is 0 Å². The zero-order chi connectivity index (χ0) is 15.5. The number of amides is 1. The van der Waals surface area contributed by atoms with Crippen molar-refractivity contribution in [3.8, 4) is 0 Å². The first-order valence-corrected chi connectivity index (χ1v) is 8.50. The van der Waals surface area contributed by atoms with Gasteiger partial charge in [-0.2, -0.15) is 0 Å². The average molecular weight is 338 g/mol. The Morgan fingerprint density at radius 3 is 2.59 bits per heavy atom. The van der Waals surface area contributed by atoms with E-state index in [4.69, 9.17) is 23.8 Å². The Morgan fingerprint density at radius 1 is 1.18 bits per heavy atom. The minimum atomic E-state index is 0.0119. The number of hydrogen-bond acceptors (Lipinski definition) is 2. The average Bonchev–Trinajstić information content (AvgIpc) is 3.10. The van der Waals surface area contributed by atoms with E-state index >= 15 is 0 Å². The van der Waals surface area contributed by atoms with Crippen molar-refractivity contribution < 1.29 is 4.79 Å². The van der Waals surface area contributed by atoms with E-state index in [1.165, 1.54) is 25.7 Å². The first-order chi connectivity index (χ1) is 10.6.